The maximum atomic E-state index is 11.7. The Morgan fingerprint density at radius 1 is 1.16 bits per heavy atom. The standard InChI is InChI=1S/C12H19N3O3S/c1-13-11-6-4-10(5-7-11)12(16)14-8-3-9-15-19(2,17)18/h4-7,13,15H,3,8-9H2,1-2H3,(H,14,16). The molecule has 0 aromatic heterocycles. The third-order valence-corrected chi connectivity index (χ3v) is 3.17. The minimum Gasteiger partial charge on any atom is -0.388 e. The normalized spacial score (nSPS) is 11.1. The molecule has 0 aliphatic heterocycles. The van der Waals surface area contributed by atoms with Gasteiger partial charge < -0.3 is 10.6 Å². The van der Waals surface area contributed by atoms with Crippen molar-refractivity contribution in [1.29, 1.82) is 0 Å². The molecule has 0 aliphatic carbocycles. The van der Waals surface area contributed by atoms with E-state index in [4.69, 9.17) is 0 Å². The van der Waals surface area contributed by atoms with Gasteiger partial charge in [0, 0.05) is 31.4 Å². The summed E-state index contributed by atoms with van der Waals surface area (Å²) in [7, 11) is -1.34. The van der Waals surface area contributed by atoms with Crippen LogP contribution >= 0.6 is 0 Å². The molecule has 0 bridgehead atoms. The number of sulfonamides is 1. The van der Waals surface area contributed by atoms with E-state index in [0.29, 0.717) is 25.1 Å². The van der Waals surface area contributed by atoms with Crippen LogP contribution in [0.1, 0.15) is 16.8 Å². The van der Waals surface area contributed by atoms with Crippen LogP contribution in [0.25, 0.3) is 0 Å². The molecule has 3 N–H and O–H groups in total. The molecule has 19 heavy (non-hydrogen) atoms. The molecule has 1 rings (SSSR count). The van der Waals surface area contributed by atoms with Gasteiger partial charge in [-0.1, -0.05) is 0 Å². The summed E-state index contributed by atoms with van der Waals surface area (Å²) in [5.74, 6) is -0.165. The Morgan fingerprint density at radius 2 is 1.79 bits per heavy atom. The van der Waals surface area contributed by atoms with Crippen molar-refractivity contribution in [3.63, 3.8) is 0 Å². The first-order valence-electron chi connectivity index (χ1n) is 5.93. The lowest BCUT2D eigenvalue weighted by molar-refractivity contribution is 0.0953. The van der Waals surface area contributed by atoms with E-state index >= 15 is 0 Å². The monoisotopic (exact) mass is 285 g/mol. The van der Waals surface area contributed by atoms with Crippen molar-refractivity contribution in [1.82, 2.24) is 10.0 Å². The fraction of sp³-hybridized carbons (Fsp3) is 0.417. The lowest BCUT2D eigenvalue weighted by Gasteiger charge is -2.06. The van der Waals surface area contributed by atoms with Gasteiger partial charge in [-0.05, 0) is 30.7 Å². The maximum absolute atomic E-state index is 11.7. The minimum atomic E-state index is -3.15. The van der Waals surface area contributed by atoms with Gasteiger partial charge in [-0.3, -0.25) is 4.79 Å². The van der Waals surface area contributed by atoms with Gasteiger partial charge in [-0.25, -0.2) is 13.1 Å². The van der Waals surface area contributed by atoms with E-state index in [1.54, 1.807) is 12.1 Å². The quantitative estimate of drug-likeness (QED) is 0.633. The molecule has 0 radical (unpaired) electrons. The topological polar surface area (TPSA) is 87.3 Å². The molecule has 0 spiro atoms. The molecule has 0 saturated heterocycles. The Labute approximate surface area is 113 Å². The summed E-state index contributed by atoms with van der Waals surface area (Å²) in [6.45, 7) is 0.743. The number of benzene rings is 1. The largest absolute Gasteiger partial charge is 0.388 e. The average molecular weight is 285 g/mol. The third-order valence-electron chi connectivity index (χ3n) is 2.44. The SMILES string of the molecule is CNc1ccc(C(=O)NCCCNS(C)(=O)=O)cc1. The van der Waals surface area contributed by atoms with Gasteiger partial charge in [-0.15, -0.1) is 0 Å². The first-order valence-corrected chi connectivity index (χ1v) is 7.82. The van der Waals surface area contributed by atoms with E-state index < -0.39 is 10.0 Å². The number of carbonyl (C=O) groups excluding carboxylic acids is 1. The van der Waals surface area contributed by atoms with Crippen LogP contribution in [-0.4, -0.2) is 40.7 Å². The second-order valence-corrected chi connectivity index (χ2v) is 5.94. The van der Waals surface area contributed by atoms with Gasteiger partial charge in [0.25, 0.3) is 5.91 Å². The molecule has 1 aromatic carbocycles. The number of hydrogen-bond acceptors (Lipinski definition) is 4. The van der Waals surface area contributed by atoms with Crippen molar-refractivity contribution in [2.45, 2.75) is 6.42 Å². The highest BCUT2D eigenvalue weighted by Crippen LogP contribution is 2.08. The van der Waals surface area contributed by atoms with Gasteiger partial charge in [0.2, 0.25) is 10.0 Å². The predicted molar refractivity (Wildman–Crippen MR) is 75.8 cm³/mol. The zero-order chi connectivity index (χ0) is 14.3. The van der Waals surface area contributed by atoms with Gasteiger partial charge in [0.1, 0.15) is 0 Å². The lowest BCUT2D eigenvalue weighted by Crippen LogP contribution is -2.29. The van der Waals surface area contributed by atoms with Crippen LogP contribution in [0.3, 0.4) is 0 Å². The van der Waals surface area contributed by atoms with Gasteiger partial charge >= 0.3 is 0 Å². The Hall–Kier alpha value is -1.60. The average Bonchev–Trinajstić information content (AvgIpc) is 2.37. The number of hydrogen-bond donors (Lipinski definition) is 3. The number of carbonyl (C=O) groups is 1. The molecule has 0 saturated carbocycles. The highest BCUT2D eigenvalue weighted by atomic mass is 32.2. The van der Waals surface area contributed by atoms with E-state index in [0.717, 1.165) is 11.9 Å². The zero-order valence-electron chi connectivity index (χ0n) is 11.1. The Morgan fingerprint density at radius 3 is 2.32 bits per heavy atom. The molecule has 0 atom stereocenters. The van der Waals surface area contributed by atoms with Crippen LogP contribution in [0.2, 0.25) is 0 Å². The maximum Gasteiger partial charge on any atom is 0.251 e. The van der Waals surface area contributed by atoms with Crippen molar-refractivity contribution in [3.05, 3.63) is 29.8 Å². The highest BCUT2D eigenvalue weighted by molar-refractivity contribution is 7.88. The first kappa shape index (κ1) is 15.5. The second-order valence-electron chi connectivity index (χ2n) is 4.10. The van der Waals surface area contributed by atoms with Crippen LogP contribution in [0.4, 0.5) is 5.69 Å². The van der Waals surface area contributed by atoms with Crippen LogP contribution in [0.15, 0.2) is 24.3 Å². The van der Waals surface area contributed by atoms with Gasteiger partial charge in [0.05, 0.1) is 6.26 Å². The highest BCUT2D eigenvalue weighted by Gasteiger charge is 2.04. The van der Waals surface area contributed by atoms with Crippen LogP contribution < -0.4 is 15.4 Å². The summed E-state index contributed by atoms with van der Waals surface area (Å²) in [5.41, 5.74) is 1.52. The molecule has 0 unspecified atom stereocenters. The fourth-order valence-corrected chi connectivity index (χ4v) is 1.95. The zero-order valence-corrected chi connectivity index (χ0v) is 11.9. The molecule has 0 fully saturated rings. The first-order chi connectivity index (χ1) is 8.92. The third kappa shape index (κ3) is 6.21. The van der Waals surface area contributed by atoms with Crippen LogP contribution in [0, 0.1) is 0 Å². The fourth-order valence-electron chi connectivity index (χ4n) is 1.44. The Kier molecular flexibility index (Phi) is 5.78. The number of anilines is 1. The van der Waals surface area contributed by atoms with E-state index in [2.05, 4.69) is 15.4 Å². The predicted octanol–water partition coefficient (Wildman–Crippen LogP) is 0.397. The molecule has 0 heterocycles. The van der Waals surface area contributed by atoms with Crippen molar-refractivity contribution in [3.8, 4) is 0 Å². The lowest BCUT2D eigenvalue weighted by atomic mass is 10.2. The minimum absolute atomic E-state index is 0.165. The molecule has 1 amide bonds. The number of nitrogens with one attached hydrogen (secondary N) is 3. The summed E-state index contributed by atoms with van der Waals surface area (Å²) < 4.78 is 24.0. The second kappa shape index (κ2) is 7.10. The van der Waals surface area contributed by atoms with Crippen molar-refractivity contribution >= 4 is 21.6 Å². The van der Waals surface area contributed by atoms with Gasteiger partial charge in [0.15, 0.2) is 0 Å². The molecular formula is C12H19N3O3S. The van der Waals surface area contributed by atoms with E-state index in [-0.39, 0.29) is 5.91 Å². The van der Waals surface area contributed by atoms with Crippen molar-refractivity contribution in [2.75, 3.05) is 31.7 Å². The number of amides is 1. The molecular weight excluding hydrogens is 266 g/mol. The molecule has 1 aromatic rings. The van der Waals surface area contributed by atoms with Crippen LogP contribution in [0.5, 0.6) is 0 Å². The Balaban J connectivity index is 2.31. The summed E-state index contributed by atoms with van der Waals surface area (Å²) >= 11 is 0. The summed E-state index contributed by atoms with van der Waals surface area (Å²) in [5, 5.41) is 5.70. The van der Waals surface area contributed by atoms with E-state index in [1.165, 1.54) is 0 Å². The molecule has 6 nitrogen and oxygen atoms in total. The smallest absolute Gasteiger partial charge is 0.251 e. The molecule has 7 heteroatoms. The molecule has 0 aliphatic rings. The summed E-state index contributed by atoms with van der Waals surface area (Å²) in [4.78, 5) is 11.7. The van der Waals surface area contributed by atoms with Crippen molar-refractivity contribution in [2.24, 2.45) is 0 Å². The van der Waals surface area contributed by atoms with Crippen molar-refractivity contribution < 1.29 is 13.2 Å². The van der Waals surface area contributed by atoms with E-state index in [1.807, 2.05) is 19.2 Å². The van der Waals surface area contributed by atoms with Gasteiger partial charge in [-0.2, -0.15) is 0 Å². The Bertz CT molecular complexity index is 512. The van der Waals surface area contributed by atoms with Crippen LogP contribution in [-0.2, 0) is 10.0 Å². The summed E-state index contributed by atoms with van der Waals surface area (Å²) in [6.07, 6.45) is 1.66. The van der Waals surface area contributed by atoms with E-state index in [9.17, 15) is 13.2 Å². The molecule has 106 valence electrons. The number of rotatable bonds is 7. The summed E-state index contributed by atoms with van der Waals surface area (Å²) in [6, 6.07) is 7.10.